The molecule has 0 aliphatic heterocycles. The van der Waals surface area contributed by atoms with Crippen molar-refractivity contribution in [1.29, 1.82) is 5.26 Å². The van der Waals surface area contributed by atoms with E-state index in [9.17, 15) is 5.26 Å². The SMILES string of the molecule is CSCCC(C)Nc1cccc(SC)c1C#N. The highest BCUT2D eigenvalue weighted by atomic mass is 32.2. The summed E-state index contributed by atoms with van der Waals surface area (Å²) < 4.78 is 0. The lowest BCUT2D eigenvalue weighted by molar-refractivity contribution is 0.771. The molecule has 1 aromatic rings. The lowest BCUT2D eigenvalue weighted by atomic mass is 10.1. The first-order chi connectivity index (χ1) is 8.22. The van der Waals surface area contributed by atoms with E-state index >= 15 is 0 Å². The largest absolute Gasteiger partial charge is 0.381 e. The van der Waals surface area contributed by atoms with Gasteiger partial charge in [0.2, 0.25) is 0 Å². The number of nitriles is 1. The average molecular weight is 266 g/mol. The number of hydrogen-bond acceptors (Lipinski definition) is 4. The van der Waals surface area contributed by atoms with Gasteiger partial charge < -0.3 is 5.32 Å². The van der Waals surface area contributed by atoms with Gasteiger partial charge in [0.1, 0.15) is 6.07 Å². The number of nitrogens with one attached hydrogen (secondary N) is 1. The third-order valence-electron chi connectivity index (χ3n) is 2.51. The van der Waals surface area contributed by atoms with Gasteiger partial charge in [-0.3, -0.25) is 0 Å². The van der Waals surface area contributed by atoms with Crippen LogP contribution in [-0.4, -0.2) is 24.3 Å². The van der Waals surface area contributed by atoms with Crippen molar-refractivity contribution in [3.8, 4) is 6.07 Å². The van der Waals surface area contributed by atoms with Gasteiger partial charge in [-0.2, -0.15) is 17.0 Å². The minimum atomic E-state index is 0.395. The number of rotatable bonds is 6. The summed E-state index contributed by atoms with van der Waals surface area (Å²) in [5.41, 5.74) is 1.71. The van der Waals surface area contributed by atoms with Crippen LogP contribution in [0.2, 0.25) is 0 Å². The average Bonchev–Trinajstić information content (AvgIpc) is 2.35. The monoisotopic (exact) mass is 266 g/mol. The molecule has 1 aromatic carbocycles. The zero-order valence-electron chi connectivity index (χ0n) is 10.5. The van der Waals surface area contributed by atoms with E-state index < -0.39 is 0 Å². The zero-order chi connectivity index (χ0) is 12.7. The van der Waals surface area contributed by atoms with Gasteiger partial charge in [-0.1, -0.05) is 6.07 Å². The number of nitrogens with zero attached hydrogens (tertiary/aromatic N) is 1. The maximum Gasteiger partial charge on any atom is 0.102 e. The topological polar surface area (TPSA) is 35.8 Å². The predicted molar refractivity (Wildman–Crippen MR) is 79.0 cm³/mol. The molecular formula is C13H18N2S2. The van der Waals surface area contributed by atoms with Crippen molar-refractivity contribution < 1.29 is 0 Å². The zero-order valence-corrected chi connectivity index (χ0v) is 12.1. The predicted octanol–water partition coefficient (Wildman–Crippen LogP) is 3.83. The molecule has 0 amide bonds. The van der Waals surface area contributed by atoms with Gasteiger partial charge in [-0.25, -0.2) is 0 Å². The third kappa shape index (κ3) is 4.18. The summed E-state index contributed by atoms with van der Waals surface area (Å²) in [6.45, 7) is 2.16. The van der Waals surface area contributed by atoms with Crippen LogP contribution in [0.15, 0.2) is 23.1 Å². The van der Waals surface area contributed by atoms with E-state index in [0.717, 1.165) is 28.3 Å². The Morgan fingerprint density at radius 2 is 2.18 bits per heavy atom. The summed E-state index contributed by atoms with van der Waals surface area (Å²) in [4.78, 5) is 1.04. The Hall–Kier alpha value is -0.790. The number of anilines is 1. The van der Waals surface area contributed by atoms with E-state index in [1.807, 2.05) is 36.2 Å². The minimum absolute atomic E-state index is 0.395. The van der Waals surface area contributed by atoms with Crippen LogP contribution in [0.1, 0.15) is 18.9 Å². The molecule has 1 N–H and O–H groups in total. The molecule has 0 heterocycles. The van der Waals surface area contributed by atoms with Gasteiger partial charge in [0.05, 0.1) is 11.3 Å². The Kier molecular flexibility index (Phi) is 6.31. The van der Waals surface area contributed by atoms with Gasteiger partial charge in [0, 0.05) is 10.9 Å². The first kappa shape index (κ1) is 14.3. The van der Waals surface area contributed by atoms with Crippen molar-refractivity contribution in [2.24, 2.45) is 0 Å². The Bertz CT molecular complexity index is 399. The Balaban J connectivity index is 2.80. The minimum Gasteiger partial charge on any atom is -0.381 e. The first-order valence-corrected chi connectivity index (χ1v) is 8.17. The first-order valence-electron chi connectivity index (χ1n) is 5.55. The van der Waals surface area contributed by atoms with Crippen LogP contribution < -0.4 is 5.32 Å². The summed E-state index contributed by atoms with van der Waals surface area (Å²) in [6.07, 6.45) is 5.22. The second-order valence-corrected chi connectivity index (χ2v) is 5.66. The van der Waals surface area contributed by atoms with Gasteiger partial charge in [0.15, 0.2) is 0 Å². The van der Waals surface area contributed by atoms with E-state index in [1.54, 1.807) is 11.8 Å². The summed E-state index contributed by atoms with van der Waals surface area (Å²) in [5.74, 6) is 1.14. The highest BCUT2D eigenvalue weighted by Gasteiger charge is 2.09. The second kappa shape index (κ2) is 7.52. The molecule has 0 aromatic heterocycles. The molecular weight excluding hydrogens is 248 g/mol. The van der Waals surface area contributed by atoms with E-state index in [1.165, 1.54) is 0 Å². The Labute approximate surface area is 112 Å². The fourth-order valence-electron chi connectivity index (χ4n) is 1.57. The molecule has 1 atom stereocenters. The van der Waals surface area contributed by atoms with Gasteiger partial charge in [0.25, 0.3) is 0 Å². The van der Waals surface area contributed by atoms with Crippen LogP contribution in [0.5, 0.6) is 0 Å². The third-order valence-corrected chi connectivity index (χ3v) is 3.94. The van der Waals surface area contributed by atoms with Crippen LogP contribution >= 0.6 is 23.5 Å². The maximum atomic E-state index is 9.21. The molecule has 0 saturated heterocycles. The summed E-state index contributed by atoms with van der Waals surface area (Å²) in [7, 11) is 0. The van der Waals surface area contributed by atoms with E-state index in [0.29, 0.717) is 6.04 Å². The van der Waals surface area contributed by atoms with E-state index in [-0.39, 0.29) is 0 Å². The highest BCUT2D eigenvalue weighted by Crippen LogP contribution is 2.26. The van der Waals surface area contributed by atoms with Crippen molar-refractivity contribution in [2.75, 3.05) is 23.6 Å². The normalized spacial score (nSPS) is 11.9. The number of hydrogen-bond donors (Lipinski definition) is 1. The molecule has 92 valence electrons. The Morgan fingerprint density at radius 1 is 1.41 bits per heavy atom. The van der Waals surface area contributed by atoms with Crippen LogP contribution in [-0.2, 0) is 0 Å². The lowest BCUT2D eigenvalue weighted by Crippen LogP contribution is -2.16. The Morgan fingerprint density at radius 3 is 2.76 bits per heavy atom. The summed E-state index contributed by atoms with van der Waals surface area (Å²) >= 11 is 3.46. The number of benzene rings is 1. The molecule has 0 bridgehead atoms. The molecule has 1 rings (SSSR count). The van der Waals surface area contributed by atoms with Crippen molar-refractivity contribution in [3.63, 3.8) is 0 Å². The standard InChI is InChI=1S/C13H18N2S2/c1-10(7-8-16-2)15-12-5-4-6-13(17-3)11(12)9-14/h4-6,10,15H,7-8H2,1-3H3. The molecule has 0 aliphatic carbocycles. The highest BCUT2D eigenvalue weighted by molar-refractivity contribution is 7.98. The second-order valence-electron chi connectivity index (χ2n) is 3.82. The number of thioether (sulfide) groups is 2. The smallest absolute Gasteiger partial charge is 0.102 e. The summed E-state index contributed by atoms with van der Waals surface area (Å²) in [6, 6.07) is 8.65. The van der Waals surface area contributed by atoms with Crippen LogP contribution in [0.25, 0.3) is 0 Å². The molecule has 0 spiro atoms. The van der Waals surface area contributed by atoms with Crippen molar-refractivity contribution in [3.05, 3.63) is 23.8 Å². The van der Waals surface area contributed by atoms with Crippen molar-refractivity contribution in [1.82, 2.24) is 0 Å². The van der Waals surface area contributed by atoms with Gasteiger partial charge in [-0.05, 0) is 43.7 Å². The van der Waals surface area contributed by atoms with Gasteiger partial charge in [-0.15, -0.1) is 11.8 Å². The molecule has 17 heavy (non-hydrogen) atoms. The fourth-order valence-corrected chi connectivity index (χ4v) is 2.73. The molecule has 4 heteroatoms. The molecule has 0 radical (unpaired) electrons. The van der Waals surface area contributed by atoms with Crippen LogP contribution in [0, 0.1) is 11.3 Å². The molecule has 0 aliphatic rings. The molecule has 2 nitrogen and oxygen atoms in total. The van der Waals surface area contributed by atoms with E-state index in [4.69, 9.17) is 0 Å². The molecule has 1 unspecified atom stereocenters. The lowest BCUT2D eigenvalue weighted by Gasteiger charge is -2.16. The maximum absolute atomic E-state index is 9.21. The van der Waals surface area contributed by atoms with Crippen LogP contribution in [0.3, 0.4) is 0 Å². The quantitative estimate of drug-likeness (QED) is 0.794. The summed E-state index contributed by atoms with van der Waals surface area (Å²) in [5, 5.41) is 12.6. The van der Waals surface area contributed by atoms with Crippen molar-refractivity contribution in [2.45, 2.75) is 24.3 Å². The van der Waals surface area contributed by atoms with Gasteiger partial charge >= 0.3 is 0 Å². The fraction of sp³-hybridized carbons (Fsp3) is 0.462. The van der Waals surface area contributed by atoms with Crippen molar-refractivity contribution >= 4 is 29.2 Å². The van der Waals surface area contributed by atoms with E-state index in [2.05, 4.69) is 24.6 Å². The molecule has 0 fully saturated rings. The molecule has 0 saturated carbocycles. The van der Waals surface area contributed by atoms with Crippen LogP contribution in [0.4, 0.5) is 5.69 Å².